The normalized spacial score (nSPS) is 11.4. The van der Waals surface area contributed by atoms with E-state index < -0.39 is 0 Å². The Morgan fingerprint density at radius 1 is 1.10 bits per heavy atom. The Bertz CT molecular complexity index is 937. The quantitative estimate of drug-likeness (QED) is 0.424. The predicted octanol–water partition coefficient (Wildman–Crippen LogP) is 2.39. The Kier molecular flexibility index (Phi) is 2.03. The van der Waals surface area contributed by atoms with Crippen molar-refractivity contribution >= 4 is 27.8 Å². The average Bonchev–Trinajstić information content (AvgIpc) is 3.00. The number of nitrogens with two attached hydrogens (primary N) is 1. The second-order valence-electron chi connectivity index (χ2n) is 4.64. The molecule has 0 unspecified atom stereocenters. The van der Waals surface area contributed by atoms with Crippen molar-refractivity contribution in [3.05, 3.63) is 36.5 Å². The van der Waals surface area contributed by atoms with Gasteiger partial charge in [-0.2, -0.15) is 5.10 Å². The van der Waals surface area contributed by atoms with Crippen LogP contribution in [0.1, 0.15) is 0 Å². The van der Waals surface area contributed by atoms with Gasteiger partial charge in [0.15, 0.2) is 11.7 Å². The van der Waals surface area contributed by atoms with Crippen molar-refractivity contribution in [1.82, 2.24) is 20.2 Å². The maximum absolute atomic E-state index is 9.58. The molecule has 0 amide bonds. The van der Waals surface area contributed by atoms with Crippen LogP contribution in [0, 0.1) is 0 Å². The molecule has 6 nitrogen and oxygen atoms in total. The highest BCUT2D eigenvalue weighted by Gasteiger charge is 2.10. The van der Waals surface area contributed by atoms with E-state index in [1.807, 2.05) is 24.3 Å². The lowest BCUT2D eigenvalue weighted by molar-refractivity contribution is 0.458. The van der Waals surface area contributed by atoms with Crippen LogP contribution in [0.5, 0.6) is 5.88 Å². The minimum atomic E-state index is 0.101. The molecule has 3 heterocycles. The molecule has 1 aromatic carbocycles. The molecule has 3 aromatic heterocycles. The lowest BCUT2D eigenvalue weighted by Crippen LogP contribution is -1.85. The standard InChI is InChI=1S/C14H11N5O/c15-13-10-5-7(1-2-11(10)18-19-13)8-3-4-16-14-9(8)6-12(20)17-14/h1-6,20H,(H,16,17)(H3,15,18,19). The summed E-state index contributed by atoms with van der Waals surface area (Å²) in [7, 11) is 0. The van der Waals surface area contributed by atoms with Gasteiger partial charge in [0, 0.05) is 23.0 Å². The number of rotatable bonds is 1. The number of aromatic hydroxyl groups is 1. The van der Waals surface area contributed by atoms with Gasteiger partial charge in [0.2, 0.25) is 0 Å². The summed E-state index contributed by atoms with van der Waals surface area (Å²) in [5.74, 6) is 0.577. The summed E-state index contributed by atoms with van der Waals surface area (Å²) in [5, 5.41) is 18.2. The highest BCUT2D eigenvalue weighted by atomic mass is 16.3. The van der Waals surface area contributed by atoms with Gasteiger partial charge in [0.05, 0.1) is 5.52 Å². The van der Waals surface area contributed by atoms with Crippen molar-refractivity contribution in [2.75, 3.05) is 5.73 Å². The molecule has 0 fully saturated rings. The van der Waals surface area contributed by atoms with Crippen LogP contribution in [0.3, 0.4) is 0 Å². The van der Waals surface area contributed by atoms with Crippen molar-refractivity contribution in [2.45, 2.75) is 0 Å². The molecule has 0 aliphatic carbocycles. The first-order chi connectivity index (χ1) is 9.72. The van der Waals surface area contributed by atoms with Crippen LogP contribution in [-0.2, 0) is 0 Å². The molecular weight excluding hydrogens is 254 g/mol. The summed E-state index contributed by atoms with van der Waals surface area (Å²) in [6.45, 7) is 0. The smallest absolute Gasteiger partial charge is 0.190 e. The van der Waals surface area contributed by atoms with Gasteiger partial charge in [0.1, 0.15) is 5.65 Å². The summed E-state index contributed by atoms with van der Waals surface area (Å²) in [5.41, 5.74) is 9.37. The number of aromatic nitrogens is 4. The molecule has 0 aliphatic heterocycles. The summed E-state index contributed by atoms with van der Waals surface area (Å²) in [4.78, 5) is 7.01. The molecule has 0 radical (unpaired) electrons. The number of anilines is 1. The molecule has 20 heavy (non-hydrogen) atoms. The number of fused-ring (bicyclic) bond motifs is 2. The third-order valence-corrected chi connectivity index (χ3v) is 3.42. The average molecular weight is 265 g/mol. The SMILES string of the molecule is Nc1n[nH]c2ccc(-c3ccnc4[nH]c(O)cc34)cc12. The summed E-state index contributed by atoms with van der Waals surface area (Å²) in [6.07, 6.45) is 1.70. The minimum Gasteiger partial charge on any atom is -0.495 e. The van der Waals surface area contributed by atoms with Crippen LogP contribution in [0.15, 0.2) is 36.5 Å². The lowest BCUT2D eigenvalue weighted by atomic mass is 10.0. The molecule has 98 valence electrons. The van der Waals surface area contributed by atoms with Gasteiger partial charge in [-0.1, -0.05) is 6.07 Å². The first-order valence-corrected chi connectivity index (χ1v) is 6.13. The second-order valence-corrected chi connectivity index (χ2v) is 4.64. The summed E-state index contributed by atoms with van der Waals surface area (Å²) >= 11 is 0. The fourth-order valence-electron chi connectivity index (χ4n) is 2.47. The summed E-state index contributed by atoms with van der Waals surface area (Å²) in [6, 6.07) is 9.48. The zero-order valence-corrected chi connectivity index (χ0v) is 10.4. The number of pyridine rings is 1. The molecule has 0 saturated heterocycles. The Balaban J connectivity index is 2.02. The molecule has 4 rings (SSSR count). The molecule has 6 heteroatoms. The zero-order chi connectivity index (χ0) is 13.7. The molecule has 0 atom stereocenters. The van der Waals surface area contributed by atoms with Gasteiger partial charge >= 0.3 is 0 Å². The fourth-order valence-corrected chi connectivity index (χ4v) is 2.47. The lowest BCUT2D eigenvalue weighted by Gasteiger charge is -2.03. The molecule has 0 bridgehead atoms. The Morgan fingerprint density at radius 3 is 2.90 bits per heavy atom. The monoisotopic (exact) mass is 265 g/mol. The van der Waals surface area contributed by atoms with E-state index in [1.165, 1.54) is 0 Å². The predicted molar refractivity (Wildman–Crippen MR) is 77.3 cm³/mol. The van der Waals surface area contributed by atoms with E-state index in [0.29, 0.717) is 11.5 Å². The van der Waals surface area contributed by atoms with Gasteiger partial charge in [-0.25, -0.2) is 4.98 Å². The first kappa shape index (κ1) is 10.9. The van der Waals surface area contributed by atoms with E-state index in [4.69, 9.17) is 5.73 Å². The van der Waals surface area contributed by atoms with Crippen LogP contribution in [0.2, 0.25) is 0 Å². The van der Waals surface area contributed by atoms with Crippen LogP contribution < -0.4 is 5.73 Å². The van der Waals surface area contributed by atoms with Crippen LogP contribution >= 0.6 is 0 Å². The molecule has 0 spiro atoms. The topological polar surface area (TPSA) is 104 Å². The van der Waals surface area contributed by atoms with Crippen molar-refractivity contribution in [1.29, 1.82) is 0 Å². The van der Waals surface area contributed by atoms with Crippen molar-refractivity contribution < 1.29 is 5.11 Å². The number of benzene rings is 1. The highest BCUT2D eigenvalue weighted by Crippen LogP contribution is 2.32. The molecule has 5 N–H and O–H groups in total. The molecular formula is C14H11N5O. The maximum Gasteiger partial charge on any atom is 0.190 e. The third-order valence-electron chi connectivity index (χ3n) is 3.42. The molecule has 0 aliphatic rings. The van der Waals surface area contributed by atoms with Crippen LogP contribution in [0.4, 0.5) is 5.82 Å². The van der Waals surface area contributed by atoms with E-state index >= 15 is 0 Å². The zero-order valence-electron chi connectivity index (χ0n) is 10.4. The van der Waals surface area contributed by atoms with E-state index in [2.05, 4.69) is 20.2 Å². The third kappa shape index (κ3) is 1.45. The van der Waals surface area contributed by atoms with Crippen LogP contribution in [0.25, 0.3) is 33.1 Å². The number of H-pyrrole nitrogens is 2. The number of hydrogen-bond donors (Lipinski definition) is 4. The molecule has 0 saturated carbocycles. The Morgan fingerprint density at radius 2 is 2.00 bits per heavy atom. The van der Waals surface area contributed by atoms with Gasteiger partial charge in [-0.15, -0.1) is 0 Å². The van der Waals surface area contributed by atoms with Crippen LogP contribution in [-0.4, -0.2) is 25.3 Å². The number of hydrogen-bond acceptors (Lipinski definition) is 4. The van der Waals surface area contributed by atoms with Crippen molar-refractivity contribution in [3.8, 4) is 17.0 Å². The summed E-state index contributed by atoms with van der Waals surface area (Å²) < 4.78 is 0. The van der Waals surface area contributed by atoms with Gasteiger partial charge in [-0.05, 0) is 29.3 Å². The van der Waals surface area contributed by atoms with E-state index in [0.717, 1.165) is 27.4 Å². The van der Waals surface area contributed by atoms with Gasteiger partial charge in [-0.3, -0.25) is 5.10 Å². The van der Waals surface area contributed by atoms with Gasteiger partial charge in [0.25, 0.3) is 0 Å². The molecule has 4 aromatic rings. The fraction of sp³-hybridized carbons (Fsp3) is 0. The Hall–Kier alpha value is -3.02. The van der Waals surface area contributed by atoms with E-state index in [-0.39, 0.29) is 5.88 Å². The number of nitrogens with one attached hydrogen (secondary N) is 2. The highest BCUT2D eigenvalue weighted by molar-refractivity contribution is 5.98. The van der Waals surface area contributed by atoms with E-state index in [1.54, 1.807) is 12.3 Å². The Labute approximate surface area is 113 Å². The second kappa shape index (κ2) is 3.74. The largest absolute Gasteiger partial charge is 0.495 e. The first-order valence-electron chi connectivity index (χ1n) is 6.13. The van der Waals surface area contributed by atoms with E-state index in [9.17, 15) is 5.11 Å². The van der Waals surface area contributed by atoms with Gasteiger partial charge < -0.3 is 15.8 Å². The van der Waals surface area contributed by atoms with Crippen molar-refractivity contribution in [2.24, 2.45) is 0 Å². The van der Waals surface area contributed by atoms with Crippen molar-refractivity contribution in [3.63, 3.8) is 0 Å². The number of nitrogen functional groups attached to an aromatic ring is 1. The number of aromatic amines is 2. The maximum atomic E-state index is 9.58. The minimum absolute atomic E-state index is 0.101. The number of nitrogens with zero attached hydrogens (tertiary/aromatic N) is 2.